The Bertz CT molecular complexity index is 1210. The minimum absolute atomic E-state index is 0.00784. The van der Waals surface area contributed by atoms with Gasteiger partial charge < -0.3 is 20.7 Å². The van der Waals surface area contributed by atoms with E-state index in [0.29, 0.717) is 12.8 Å². The summed E-state index contributed by atoms with van der Waals surface area (Å²) in [5.74, 6) is -1.70. The van der Waals surface area contributed by atoms with E-state index in [-0.39, 0.29) is 48.9 Å². The predicted molar refractivity (Wildman–Crippen MR) is 159 cm³/mol. The average Bonchev–Trinajstić information content (AvgIpc) is 2.95. The fourth-order valence-corrected chi connectivity index (χ4v) is 4.47. The molecule has 1 aliphatic heterocycles. The van der Waals surface area contributed by atoms with Crippen molar-refractivity contribution in [2.24, 2.45) is 11.8 Å². The van der Waals surface area contributed by atoms with Crippen molar-refractivity contribution in [3.63, 3.8) is 0 Å². The summed E-state index contributed by atoms with van der Waals surface area (Å²) >= 11 is 0. The van der Waals surface area contributed by atoms with E-state index in [9.17, 15) is 19.2 Å². The van der Waals surface area contributed by atoms with Crippen molar-refractivity contribution in [1.82, 2.24) is 16.0 Å². The Morgan fingerprint density at radius 1 is 0.878 bits per heavy atom. The molecule has 3 rings (SSSR count). The SMILES string of the molecule is CC(C)C[C@@H]1NC(=O)CCNC(=O)[C@@H](Cc2ccccc2)NC(=O)CC=CC([C@H](C)C=Cc2ccccc2)OC1=O. The van der Waals surface area contributed by atoms with Crippen molar-refractivity contribution in [2.75, 3.05) is 6.54 Å². The topological polar surface area (TPSA) is 114 Å². The summed E-state index contributed by atoms with van der Waals surface area (Å²) in [5, 5.41) is 8.35. The van der Waals surface area contributed by atoms with Crippen LogP contribution in [0.1, 0.15) is 51.2 Å². The molecular formula is C33H41N3O5. The standard InChI is InChI=1S/C33H41N3O5/c1-23(2)21-28-33(40)41-29(24(3)17-18-25-11-6-4-7-12-25)15-10-16-30(37)35-27(22-26-13-8-5-9-14-26)32(39)34-20-19-31(38)36-28/h4-15,17-18,23-24,27-29H,16,19-22H2,1-3H3,(H,34,39)(H,35,37)(H,36,38)/t24-,27-,28+,29?/m1/s1. The third kappa shape index (κ3) is 11.1. The molecule has 3 N–H and O–H groups in total. The number of nitrogens with one attached hydrogen (secondary N) is 3. The number of hydrogen-bond donors (Lipinski definition) is 3. The van der Waals surface area contributed by atoms with Gasteiger partial charge in [-0.25, -0.2) is 4.79 Å². The number of amides is 3. The highest BCUT2D eigenvalue weighted by Crippen LogP contribution is 2.17. The van der Waals surface area contributed by atoms with Crippen LogP contribution in [0.15, 0.2) is 78.9 Å². The van der Waals surface area contributed by atoms with E-state index in [0.717, 1.165) is 11.1 Å². The zero-order valence-electron chi connectivity index (χ0n) is 24.0. The number of ether oxygens (including phenoxy) is 1. The van der Waals surface area contributed by atoms with Crippen molar-refractivity contribution in [3.05, 3.63) is 90.0 Å². The largest absolute Gasteiger partial charge is 0.456 e. The van der Waals surface area contributed by atoms with Gasteiger partial charge in [0.1, 0.15) is 18.2 Å². The van der Waals surface area contributed by atoms with E-state index in [4.69, 9.17) is 4.74 Å². The van der Waals surface area contributed by atoms with Crippen LogP contribution >= 0.6 is 0 Å². The molecule has 0 bridgehead atoms. The molecule has 3 amide bonds. The summed E-state index contributed by atoms with van der Waals surface area (Å²) in [6.07, 6.45) is 7.30. The van der Waals surface area contributed by atoms with Crippen LogP contribution in [0, 0.1) is 11.8 Å². The molecule has 1 aliphatic rings. The summed E-state index contributed by atoms with van der Waals surface area (Å²) in [7, 11) is 0. The molecule has 1 heterocycles. The van der Waals surface area contributed by atoms with E-state index >= 15 is 0 Å². The van der Waals surface area contributed by atoms with Crippen LogP contribution in [0.25, 0.3) is 6.08 Å². The number of esters is 1. The van der Waals surface area contributed by atoms with Gasteiger partial charge in [0, 0.05) is 31.7 Å². The van der Waals surface area contributed by atoms with Crippen molar-refractivity contribution in [1.29, 1.82) is 0 Å². The van der Waals surface area contributed by atoms with E-state index in [2.05, 4.69) is 16.0 Å². The first-order valence-corrected chi connectivity index (χ1v) is 14.2. The maximum Gasteiger partial charge on any atom is 0.329 e. The van der Waals surface area contributed by atoms with E-state index in [1.165, 1.54) is 0 Å². The molecular weight excluding hydrogens is 518 g/mol. The normalized spacial score (nSPS) is 22.1. The molecule has 0 saturated heterocycles. The molecule has 41 heavy (non-hydrogen) atoms. The molecule has 0 aliphatic carbocycles. The fourth-order valence-electron chi connectivity index (χ4n) is 4.47. The fraction of sp³-hybridized carbons (Fsp3) is 0.394. The van der Waals surface area contributed by atoms with Crippen LogP contribution in [0.4, 0.5) is 0 Å². The lowest BCUT2D eigenvalue weighted by Gasteiger charge is -2.25. The van der Waals surface area contributed by atoms with Gasteiger partial charge in [-0.1, -0.05) is 99.7 Å². The molecule has 8 nitrogen and oxygen atoms in total. The molecule has 0 saturated carbocycles. The zero-order valence-corrected chi connectivity index (χ0v) is 24.0. The predicted octanol–water partition coefficient (Wildman–Crippen LogP) is 3.97. The minimum Gasteiger partial charge on any atom is -0.456 e. The Hall–Kier alpha value is -4.20. The molecule has 4 atom stereocenters. The maximum atomic E-state index is 13.3. The van der Waals surface area contributed by atoms with Gasteiger partial charge >= 0.3 is 5.97 Å². The van der Waals surface area contributed by atoms with Gasteiger partial charge in [-0.3, -0.25) is 14.4 Å². The quantitative estimate of drug-likeness (QED) is 0.351. The van der Waals surface area contributed by atoms with Gasteiger partial charge in [-0.05, 0) is 29.5 Å². The van der Waals surface area contributed by atoms with Crippen LogP contribution in [0.5, 0.6) is 0 Å². The van der Waals surface area contributed by atoms with E-state index in [1.807, 2.05) is 93.6 Å². The Morgan fingerprint density at radius 2 is 1.54 bits per heavy atom. The number of hydrogen-bond acceptors (Lipinski definition) is 5. The number of benzene rings is 2. The first-order valence-electron chi connectivity index (χ1n) is 14.2. The Morgan fingerprint density at radius 3 is 2.22 bits per heavy atom. The van der Waals surface area contributed by atoms with E-state index in [1.54, 1.807) is 12.2 Å². The smallest absolute Gasteiger partial charge is 0.329 e. The Kier molecular flexibility index (Phi) is 12.3. The van der Waals surface area contributed by atoms with Crippen molar-refractivity contribution < 1.29 is 23.9 Å². The molecule has 0 radical (unpaired) electrons. The Balaban J connectivity index is 1.84. The van der Waals surface area contributed by atoms with Crippen LogP contribution in [0.2, 0.25) is 0 Å². The van der Waals surface area contributed by atoms with Crippen molar-refractivity contribution in [2.45, 2.75) is 64.6 Å². The molecule has 0 spiro atoms. The zero-order chi connectivity index (χ0) is 29.6. The highest BCUT2D eigenvalue weighted by atomic mass is 16.5. The molecule has 8 heteroatoms. The van der Waals surface area contributed by atoms with Gasteiger partial charge in [0.2, 0.25) is 17.7 Å². The summed E-state index contributed by atoms with van der Waals surface area (Å²) in [6.45, 7) is 5.93. The maximum absolute atomic E-state index is 13.3. The highest BCUT2D eigenvalue weighted by molar-refractivity contribution is 5.89. The summed E-state index contributed by atoms with van der Waals surface area (Å²) in [5.41, 5.74) is 1.91. The van der Waals surface area contributed by atoms with Gasteiger partial charge in [0.25, 0.3) is 0 Å². The van der Waals surface area contributed by atoms with Crippen molar-refractivity contribution >= 4 is 29.8 Å². The third-order valence-electron chi connectivity index (χ3n) is 6.70. The number of carbonyl (C=O) groups is 4. The second-order valence-electron chi connectivity index (χ2n) is 10.8. The van der Waals surface area contributed by atoms with Crippen LogP contribution < -0.4 is 16.0 Å². The van der Waals surface area contributed by atoms with E-state index < -0.39 is 24.2 Å². The number of cyclic esters (lactones) is 1. The summed E-state index contributed by atoms with van der Waals surface area (Å²) < 4.78 is 5.92. The summed E-state index contributed by atoms with van der Waals surface area (Å²) in [6, 6.07) is 17.6. The molecule has 2 aromatic rings. The molecule has 2 aromatic carbocycles. The first kappa shape index (κ1) is 31.3. The monoisotopic (exact) mass is 559 g/mol. The molecule has 1 unspecified atom stereocenters. The van der Waals surface area contributed by atoms with Gasteiger partial charge in [0.05, 0.1) is 0 Å². The lowest BCUT2D eigenvalue weighted by Crippen LogP contribution is -2.49. The van der Waals surface area contributed by atoms with Crippen LogP contribution in [-0.2, 0) is 30.3 Å². The second kappa shape index (κ2) is 16.2. The van der Waals surface area contributed by atoms with Crippen LogP contribution in [0.3, 0.4) is 0 Å². The average molecular weight is 560 g/mol. The summed E-state index contributed by atoms with van der Waals surface area (Å²) in [4.78, 5) is 51.9. The van der Waals surface area contributed by atoms with Gasteiger partial charge in [0.15, 0.2) is 0 Å². The number of carbonyl (C=O) groups excluding carboxylic acids is 4. The first-order chi connectivity index (χ1) is 19.7. The third-order valence-corrected chi connectivity index (χ3v) is 6.70. The van der Waals surface area contributed by atoms with Crippen molar-refractivity contribution in [3.8, 4) is 0 Å². The highest BCUT2D eigenvalue weighted by Gasteiger charge is 2.28. The lowest BCUT2D eigenvalue weighted by atomic mass is 10.0. The van der Waals surface area contributed by atoms with Gasteiger partial charge in [-0.2, -0.15) is 0 Å². The lowest BCUT2D eigenvalue weighted by molar-refractivity contribution is -0.152. The molecule has 0 fully saturated rings. The number of rotatable bonds is 7. The molecule has 0 aromatic heterocycles. The Labute approximate surface area is 242 Å². The van der Waals surface area contributed by atoms with Crippen LogP contribution in [-0.4, -0.2) is 48.4 Å². The molecule has 218 valence electrons. The second-order valence-corrected chi connectivity index (χ2v) is 10.8. The van der Waals surface area contributed by atoms with Gasteiger partial charge in [-0.15, -0.1) is 0 Å². The minimum atomic E-state index is -0.832.